The number of carbonyl (C=O) groups is 1. The van der Waals surface area contributed by atoms with Crippen molar-refractivity contribution in [1.82, 2.24) is 16.0 Å². The summed E-state index contributed by atoms with van der Waals surface area (Å²) in [6.45, 7) is 3.77. The fourth-order valence-corrected chi connectivity index (χ4v) is 3.52. The molecule has 1 unspecified atom stereocenters. The SMILES string of the molecule is CN=C(NCCc1cccc(C(=O)NC)c1)NCC(C)Sc1ccccc1. The van der Waals surface area contributed by atoms with Crippen molar-refractivity contribution in [2.45, 2.75) is 23.5 Å². The van der Waals surface area contributed by atoms with E-state index in [2.05, 4.69) is 52.1 Å². The van der Waals surface area contributed by atoms with Gasteiger partial charge in [0.15, 0.2) is 5.96 Å². The van der Waals surface area contributed by atoms with Gasteiger partial charge in [-0.3, -0.25) is 9.79 Å². The van der Waals surface area contributed by atoms with Crippen LogP contribution in [0.5, 0.6) is 0 Å². The van der Waals surface area contributed by atoms with Gasteiger partial charge < -0.3 is 16.0 Å². The number of nitrogens with one attached hydrogen (secondary N) is 3. The topological polar surface area (TPSA) is 65.5 Å². The number of nitrogens with zero attached hydrogens (tertiary/aromatic N) is 1. The van der Waals surface area contributed by atoms with Crippen molar-refractivity contribution in [2.75, 3.05) is 27.2 Å². The first kappa shape index (κ1) is 20.8. The molecule has 0 bridgehead atoms. The summed E-state index contributed by atoms with van der Waals surface area (Å²) in [5, 5.41) is 9.77. The zero-order chi connectivity index (χ0) is 19.5. The lowest BCUT2D eigenvalue weighted by atomic mass is 10.1. The molecule has 6 heteroatoms. The molecule has 0 aliphatic carbocycles. The molecule has 27 heavy (non-hydrogen) atoms. The third-order valence-corrected chi connectivity index (χ3v) is 5.10. The van der Waals surface area contributed by atoms with Crippen LogP contribution in [0.2, 0.25) is 0 Å². The molecule has 0 saturated heterocycles. The van der Waals surface area contributed by atoms with E-state index in [0.717, 1.165) is 31.0 Å². The summed E-state index contributed by atoms with van der Waals surface area (Å²) >= 11 is 1.84. The molecule has 0 aromatic heterocycles. The normalized spacial score (nSPS) is 12.3. The van der Waals surface area contributed by atoms with Crippen LogP contribution in [0.4, 0.5) is 0 Å². The molecule has 3 N–H and O–H groups in total. The molecule has 5 nitrogen and oxygen atoms in total. The number of thioether (sulfide) groups is 1. The molecule has 144 valence electrons. The maximum absolute atomic E-state index is 11.7. The molecule has 0 aliphatic heterocycles. The molecule has 0 saturated carbocycles. The van der Waals surface area contributed by atoms with Crippen LogP contribution in [-0.4, -0.2) is 44.3 Å². The van der Waals surface area contributed by atoms with Crippen molar-refractivity contribution in [1.29, 1.82) is 0 Å². The molecule has 2 aromatic rings. The maximum Gasteiger partial charge on any atom is 0.251 e. The first-order chi connectivity index (χ1) is 13.1. The van der Waals surface area contributed by atoms with E-state index >= 15 is 0 Å². The van der Waals surface area contributed by atoms with Crippen LogP contribution in [0.3, 0.4) is 0 Å². The Bertz CT molecular complexity index is 749. The quantitative estimate of drug-likeness (QED) is 0.372. The Morgan fingerprint density at radius 3 is 2.59 bits per heavy atom. The van der Waals surface area contributed by atoms with E-state index in [0.29, 0.717) is 10.8 Å². The summed E-state index contributed by atoms with van der Waals surface area (Å²) < 4.78 is 0. The maximum atomic E-state index is 11.7. The second kappa shape index (κ2) is 11.3. The minimum atomic E-state index is -0.0628. The van der Waals surface area contributed by atoms with Gasteiger partial charge in [0.2, 0.25) is 0 Å². The van der Waals surface area contributed by atoms with Crippen LogP contribution in [0, 0.1) is 0 Å². The van der Waals surface area contributed by atoms with Crippen molar-refractivity contribution in [3.8, 4) is 0 Å². The lowest BCUT2D eigenvalue weighted by molar-refractivity contribution is 0.0963. The molecule has 0 heterocycles. The summed E-state index contributed by atoms with van der Waals surface area (Å²) in [4.78, 5) is 17.3. The van der Waals surface area contributed by atoms with Crippen molar-refractivity contribution in [3.05, 3.63) is 65.7 Å². The molecule has 1 amide bonds. The van der Waals surface area contributed by atoms with E-state index in [-0.39, 0.29) is 5.91 Å². The number of carbonyl (C=O) groups excluding carboxylic acids is 1. The lowest BCUT2D eigenvalue weighted by Crippen LogP contribution is -2.40. The van der Waals surface area contributed by atoms with E-state index in [1.165, 1.54) is 4.90 Å². The van der Waals surface area contributed by atoms with Gasteiger partial charge in [-0.2, -0.15) is 0 Å². The third kappa shape index (κ3) is 7.35. The molecular weight excluding hydrogens is 356 g/mol. The van der Waals surface area contributed by atoms with Crippen LogP contribution in [0.15, 0.2) is 64.5 Å². The Morgan fingerprint density at radius 2 is 1.89 bits per heavy atom. The van der Waals surface area contributed by atoms with Gasteiger partial charge in [-0.15, -0.1) is 11.8 Å². The largest absolute Gasteiger partial charge is 0.356 e. The Hall–Kier alpha value is -2.47. The Morgan fingerprint density at radius 1 is 1.11 bits per heavy atom. The molecule has 2 rings (SSSR count). The highest BCUT2D eigenvalue weighted by Gasteiger charge is 2.07. The van der Waals surface area contributed by atoms with Crippen molar-refractivity contribution >= 4 is 23.6 Å². The number of amides is 1. The molecular formula is C21H28N4OS. The van der Waals surface area contributed by atoms with Gasteiger partial charge in [-0.05, 0) is 36.2 Å². The fraction of sp³-hybridized carbons (Fsp3) is 0.333. The summed E-state index contributed by atoms with van der Waals surface area (Å²) in [6, 6.07) is 18.1. The number of aliphatic imine (C=N–C) groups is 1. The van der Waals surface area contributed by atoms with Crippen LogP contribution in [0.1, 0.15) is 22.8 Å². The summed E-state index contributed by atoms with van der Waals surface area (Å²) in [6.07, 6.45) is 0.819. The summed E-state index contributed by atoms with van der Waals surface area (Å²) in [5.41, 5.74) is 1.80. The second-order valence-corrected chi connectivity index (χ2v) is 7.66. The van der Waals surface area contributed by atoms with Gasteiger partial charge in [-0.25, -0.2) is 0 Å². The van der Waals surface area contributed by atoms with Crippen molar-refractivity contribution in [2.24, 2.45) is 4.99 Å². The van der Waals surface area contributed by atoms with E-state index < -0.39 is 0 Å². The first-order valence-electron chi connectivity index (χ1n) is 9.09. The van der Waals surface area contributed by atoms with Gasteiger partial charge in [0, 0.05) is 42.9 Å². The summed E-state index contributed by atoms with van der Waals surface area (Å²) in [7, 11) is 3.42. The highest BCUT2D eigenvalue weighted by molar-refractivity contribution is 8.00. The van der Waals surface area contributed by atoms with Crippen LogP contribution >= 0.6 is 11.8 Å². The minimum Gasteiger partial charge on any atom is -0.356 e. The molecule has 2 aromatic carbocycles. The lowest BCUT2D eigenvalue weighted by Gasteiger charge is -2.16. The number of rotatable bonds is 8. The zero-order valence-electron chi connectivity index (χ0n) is 16.2. The zero-order valence-corrected chi connectivity index (χ0v) is 17.0. The molecule has 0 radical (unpaired) electrons. The summed E-state index contributed by atoms with van der Waals surface area (Å²) in [5.74, 6) is 0.727. The second-order valence-electron chi connectivity index (χ2n) is 6.15. The van der Waals surface area contributed by atoms with Gasteiger partial charge in [-0.1, -0.05) is 37.3 Å². The van der Waals surface area contributed by atoms with E-state index in [9.17, 15) is 4.79 Å². The predicted octanol–water partition coefficient (Wildman–Crippen LogP) is 2.93. The number of hydrogen-bond acceptors (Lipinski definition) is 3. The third-order valence-electron chi connectivity index (χ3n) is 3.98. The smallest absolute Gasteiger partial charge is 0.251 e. The monoisotopic (exact) mass is 384 g/mol. The predicted molar refractivity (Wildman–Crippen MR) is 115 cm³/mol. The van der Waals surface area contributed by atoms with Gasteiger partial charge in [0.1, 0.15) is 0 Å². The van der Waals surface area contributed by atoms with Crippen molar-refractivity contribution < 1.29 is 4.79 Å². The standard InChI is InChI=1S/C21H28N4OS/c1-16(27-19-10-5-4-6-11-19)15-25-21(23-3)24-13-12-17-8-7-9-18(14-17)20(26)22-2/h4-11,14,16H,12-13,15H2,1-3H3,(H,22,26)(H2,23,24,25). The Kier molecular flexibility index (Phi) is 8.71. The fourth-order valence-electron chi connectivity index (χ4n) is 2.57. The van der Waals surface area contributed by atoms with Crippen LogP contribution in [-0.2, 0) is 6.42 Å². The van der Waals surface area contributed by atoms with E-state index in [1.807, 2.05) is 42.1 Å². The number of guanidine groups is 1. The highest BCUT2D eigenvalue weighted by atomic mass is 32.2. The van der Waals surface area contributed by atoms with E-state index in [1.54, 1.807) is 14.1 Å². The first-order valence-corrected chi connectivity index (χ1v) is 9.97. The van der Waals surface area contributed by atoms with E-state index in [4.69, 9.17) is 0 Å². The average molecular weight is 385 g/mol. The highest BCUT2D eigenvalue weighted by Crippen LogP contribution is 2.21. The van der Waals surface area contributed by atoms with Gasteiger partial charge in [0.25, 0.3) is 5.91 Å². The van der Waals surface area contributed by atoms with Gasteiger partial charge >= 0.3 is 0 Å². The molecule has 0 aliphatic rings. The number of hydrogen-bond donors (Lipinski definition) is 3. The average Bonchev–Trinajstić information content (AvgIpc) is 2.70. The van der Waals surface area contributed by atoms with Crippen molar-refractivity contribution in [3.63, 3.8) is 0 Å². The Labute approximate surface area is 166 Å². The molecule has 0 fully saturated rings. The van der Waals surface area contributed by atoms with Crippen LogP contribution in [0.25, 0.3) is 0 Å². The minimum absolute atomic E-state index is 0.0628. The Balaban J connectivity index is 1.75. The number of benzene rings is 2. The van der Waals surface area contributed by atoms with Gasteiger partial charge in [0.05, 0.1) is 0 Å². The molecule has 0 spiro atoms. The molecule has 1 atom stereocenters. The van der Waals surface area contributed by atoms with Crippen LogP contribution < -0.4 is 16.0 Å².